The van der Waals surface area contributed by atoms with Crippen molar-refractivity contribution >= 4 is 11.8 Å². The Hall–Kier alpha value is -0.670. The van der Waals surface area contributed by atoms with Crippen molar-refractivity contribution in [2.24, 2.45) is 0 Å². The van der Waals surface area contributed by atoms with E-state index in [9.17, 15) is 0 Å². The van der Waals surface area contributed by atoms with Gasteiger partial charge in [0.05, 0.1) is 6.10 Å². The van der Waals surface area contributed by atoms with Crippen LogP contribution in [0.5, 0.6) is 5.75 Å². The van der Waals surface area contributed by atoms with Gasteiger partial charge in [0.25, 0.3) is 0 Å². The first-order chi connectivity index (χ1) is 8.17. The zero-order valence-electron chi connectivity index (χ0n) is 11.2. The molecular weight excluding hydrogens is 230 g/mol. The van der Waals surface area contributed by atoms with E-state index in [1.807, 2.05) is 24.9 Å². The number of hydrogen-bond donors (Lipinski definition) is 1. The van der Waals surface area contributed by atoms with E-state index in [-0.39, 0.29) is 6.10 Å². The largest absolute Gasteiger partial charge is 0.491 e. The molecule has 3 heteroatoms. The fourth-order valence-corrected chi connectivity index (χ4v) is 2.49. The van der Waals surface area contributed by atoms with Crippen molar-refractivity contribution in [2.45, 2.75) is 32.9 Å². The summed E-state index contributed by atoms with van der Waals surface area (Å²) in [4.78, 5) is 0. The van der Waals surface area contributed by atoms with Crippen LogP contribution in [0.25, 0.3) is 0 Å². The lowest BCUT2D eigenvalue weighted by molar-refractivity contribution is 0.242. The second kappa shape index (κ2) is 7.62. The van der Waals surface area contributed by atoms with Gasteiger partial charge in [-0.1, -0.05) is 19.1 Å². The molecular formula is C14H23NOS. The predicted molar refractivity (Wildman–Crippen MR) is 77.0 cm³/mol. The SMILES string of the molecule is CCSCC(NC)c1cccc(OC(C)C)c1. The molecule has 1 N–H and O–H groups in total. The first-order valence-electron chi connectivity index (χ1n) is 6.19. The van der Waals surface area contributed by atoms with Crippen molar-refractivity contribution in [1.82, 2.24) is 5.32 Å². The van der Waals surface area contributed by atoms with Crippen LogP contribution < -0.4 is 10.1 Å². The normalized spacial score (nSPS) is 12.8. The molecule has 2 nitrogen and oxygen atoms in total. The molecule has 96 valence electrons. The number of hydrogen-bond acceptors (Lipinski definition) is 3. The Morgan fingerprint density at radius 3 is 2.71 bits per heavy atom. The quantitative estimate of drug-likeness (QED) is 0.804. The van der Waals surface area contributed by atoms with Crippen LogP contribution in [0.4, 0.5) is 0 Å². The Morgan fingerprint density at radius 1 is 1.35 bits per heavy atom. The Balaban J connectivity index is 2.73. The first-order valence-corrected chi connectivity index (χ1v) is 7.34. The molecule has 0 aliphatic rings. The van der Waals surface area contributed by atoms with Gasteiger partial charge in [0.1, 0.15) is 5.75 Å². The summed E-state index contributed by atoms with van der Waals surface area (Å²) in [6.45, 7) is 6.29. The average Bonchev–Trinajstić information content (AvgIpc) is 2.30. The van der Waals surface area contributed by atoms with Gasteiger partial charge in [-0.25, -0.2) is 0 Å². The van der Waals surface area contributed by atoms with E-state index in [1.54, 1.807) is 0 Å². The summed E-state index contributed by atoms with van der Waals surface area (Å²) >= 11 is 1.95. The standard InChI is InChI=1S/C14H23NOS/c1-5-17-10-14(15-4)12-7-6-8-13(9-12)16-11(2)3/h6-9,11,14-15H,5,10H2,1-4H3. The summed E-state index contributed by atoms with van der Waals surface area (Å²) in [6.07, 6.45) is 0.225. The zero-order valence-corrected chi connectivity index (χ0v) is 12.0. The van der Waals surface area contributed by atoms with Crippen LogP contribution >= 0.6 is 11.8 Å². The lowest BCUT2D eigenvalue weighted by atomic mass is 10.1. The van der Waals surface area contributed by atoms with Crippen LogP contribution in [0.1, 0.15) is 32.4 Å². The van der Waals surface area contributed by atoms with Crippen molar-refractivity contribution in [1.29, 1.82) is 0 Å². The summed E-state index contributed by atoms with van der Waals surface area (Å²) in [5, 5.41) is 3.36. The molecule has 0 amide bonds. The molecule has 0 heterocycles. The van der Waals surface area contributed by atoms with Crippen LogP contribution in [-0.4, -0.2) is 24.7 Å². The Morgan fingerprint density at radius 2 is 2.12 bits per heavy atom. The minimum absolute atomic E-state index is 0.225. The molecule has 17 heavy (non-hydrogen) atoms. The van der Waals surface area contributed by atoms with Crippen LogP contribution in [-0.2, 0) is 0 Å². The van der Waals surface area contributed by atoms with Crippen molar-refractivity contribution < 1.29 is 4.74 Å². The van der Waals surface area contributed by atoms with Gasteiger partial charge < -0.3 is 10.1 Å². The number of thioether (sulfide) groups is 1. The second-order valence-corrected chi connectivity index (χ2v) is 5.56. The van der Waals surface area contributed by atoms with E-state index in [0.29, 0.717) is 6.04 Å². The number of nitrogens with one attached hydrogen (secondary N) is 1. The summed E-state index contributed by atoms with van der Waals surface area (Å²) in [5.74, 6) is 3.21. The third kappa shape index (κ3) is 5.00. The Bertz CT molecular complexity index is 328. The van der Waals surface area contributed by atoms with E-state index in [2.05, 4.69) is 44.3 Å². The van der Waals surface area contributed by atoms with E-state index in [1.165, 1.54) is 5.56 Å². The topological polar surface area (TPSA) is 21.3 Å². The Labute approximate surface area is 109 Å². The van der Waals surface area contributed by atoms with Crippen molar-refractivity contribution in [3.05, 3.63) is 29.8 Å². The van der Waals surface area contributed by atoms with Gasteiger partial charge >= 0.3 is 0 Å². The minimum atomic E-state index is 0.225. The third-order valence-corrected chi connectivity index (χ3v) is 3.45. The fourth-order valence-electron chi connectivity index (χ4n) is 1.66. The van der Waals surface area contributed by atoms with Gasteiger partial charge in [0.2, 0.25) is 0 Å². The molecule has 0 radical (unpaired) electrons. The van der Waals surface area contributed by atoms with Crippen molar-refractivity contribution in [3.63, 3.8) is 0 Å². The van der Waals surface area contributed by atoms with E-state index < -0.39 is 0 Å². The highest BCUT2D eigenvalue weighted by Gasteiger charge is 2.09. The van der Waals surface area contributed by atoms with E-state index in [4.69, 9.17) is 4.74 Å². The highest BCUT2D eigenvalue weighted by molar-refractivity contribution is 7.99. The molecule has 1 aromatic rings. The summed E-state index contributed by atoms with van der Waals surface area (Å²) < 4.78 is 5.72. The molecule has 0 saturated carbocycles. The summed E-state index contributed by atoms with van der Waals surface area (Å²) in [5.41, 5.74) is 1.30. The van der Waals surface area contributed by atoms with Crippen LogP contribution in [0.2, 0.25) is 0 Å². The molecule has 0 aliphatic carbocycles. The molecule has 0 spiro atoms. The van der Waals surface area contributed by atoms with Gasteiger partial charge in [-0.2, -0.15) is 11.8 Å². The monoisotopic (exact) mass is 253 g/mol. The molecule has 0 bridgehead atoms. The molecule has 1 aromatic carbocycles. The molecule has 0 fully saturated rings. The molecule has 1 atom stereocenters. The predicted octanol–water partition coefficient (Wildman–Crippen LogP) is 3.49. The van der Waals surface area contributed by atoms with Crippen LogP contribution in [0.3, 0.4) is 0 Å². The number of rotatable bonds is 7. The van der Waals surface area contributed by atoms with Gasteiger partial charge in [-0.05, 0) is 44.3 Å². The van der Waals surface area contributed by atoms with E-state index >= 15 is 0 Å². The van der Waals surface area contributed by atoms with Crippen molar-refractivity contribution in [2.75, 3.05) is 18.6 Å². The Kier molecular flexibility index (Phi) is 6.45. The van der Waals surface area contributed by atoms with Gasteiger partial charge in [-0.3, -0.25) is 0 Å². The average molecular weight is 253 g/mol. The van der Waals surface area contributed by atoms with Gasteiger partial charge in [0, 0.05) is 11.8 Å². The third-order valence-electron chi connectivity index (χ3n) is 2.47. The fraction of sp³-hybridized carbons (Fsp3) is 0.571. The lowest BCUT2D eigenvalue weighted by Crippen LogP contribution is -2.19. The van der Waals surface area contributed by atoms with Gasteiger partial charge in [-0.15, -0.1) is 0 Å². The number of benzene rings is 1. The van der Waals surface area contributed by atoms with E-state index in [0.717, 1.165) is 17.3 Å². The highest BCUT2D eigenvalue weighted by Crippen LogP contribution is 2.22. The van der Waals surface area contributed by atoms with Crippen molar-refractivity contribution in [3.8, 4) is 5.75 Å². The van der Waals surface area contributed by atoms with Crippen LogP contribution in [0, 0.1) is 0 Å². The first kappa shape index (κ1) is 14.4. The smallest absolute Gasteiger partial charge is 0.120 e. The number of ether oxygens (including phenoxy) is 1. The molecule has 0 aromatic heterocycles. The molecule has 1 unspecified atom stereocenters. The zero-order chi connectivity index (χ0) is 12.7. The highest BCUT2D eigenvalue weighted by atomic mass is 32.2. The lowest BCUT2D eigenvalue weighted by Gasteiger charge is -2.17. The van der Waals surface area contributed by atoms with Crippen LogP contribution in [0.15, 0.2) is 24.3 Å². The maximum atomic E-state index is 5.72. The molecule has 0 aliphatic heterocycles. The minimum Gasteiger partial charge on any atom is -0.491 e. The maximum Gasteiger partial charge on any atom is 0.120 e. The van der Waals surface area contributed by atoms with Gasteiger partial charge in [0.15, 0.2) is 0 Å². The molecule has 1 rings (SSSR count). The summed E-state index contributed by atoms with van der Waals surface area (Å²) in [6, 6.07) is 8.77. The molecule has 0 saturated heterocycles. The second-order valence-electron chi connectivity index (χ2n) is 4.24. The maximum absolute atomic E-state index is 5.72. The summed E-state index contributed by atoms with van der Waals surface area (Å²) in [7, 11) is 2.01.